The van der Waals surface area contributed by atoms with Gasteiger partial charge in [-0.15, -0.1) is 0 Å². The first-order chi connectivity index (χ1) is 11.0. The molecule has 1 aliphatic rings. The van der Waals surface area contributed by atoms with Crippen LogP contribution in [-0.4, -0.2) is 55.2 Å². The van der Waals surface area contributed by atoms with E-state index in [1.165, 1.54) is 18.2 Å². The Hall–Kier alpha value is -2.87. The van der Waals surface area contributed by atoms with Crippen molar-refractivity contribution in [2.75, 3.05) is 32.2 Å². The number of aliphatic hydroxyl groups is 1. The molecule has 0 spiro atoms. The van der Waals surface area contributed by atoms with Crippen LogP contribution in [0.25, 0.3) is 0 Å². The summed E-state index contributed by atoms with van der Waals surface area (Å²) in [4.78, 5) is 38.7. The number of urea groups is 1. The largest absolute Gasteiger partial charge is 0.497 e. The third-order valence-electron chi connectivity index (χ3n) is 3.23. The molecule has 1 aromatic rings. The van der Waals surface area contributed by atoms with Gasteiger partial charge >= 0.3 is 6.03 Å². The highest BCUT2D eigenvalue weighted by Crippen LogP contribution is 2.23. The van der Waals surface area contributed by atoms with E-state index in [0.29, 0.717) is 11.4 Å². The SMILES string of the molecule is COc1ccc(N2C(=O)NC(=O)/C(=C/N(C)CCO)C2=O)cc1. The van der Waals surface area contributed by atoms with E-state index in [9.17, 15) is 14.4 Å². The number of anilines is 1. The minimum Gasteiger partial charge on any atom is -0.497 e. The number of barbiturate groups is 1. The number of nitrogens with zero attached hydrogens (tertiary/aromatic N) is 2. The Kier molecular flexibility index (Phi) is 4.97. The number of aliphatic hydroxyl groups excluding tert-OH is 1. The lowest BCUT2D eigenvalue weighted by molar-refractivity contribution is -0.122. The van der Waals surface area contributed by atoms with E-state index < -0.39 is 17.8 Å². The molecule has 1 aliphatic heterocycles. The van der Waals surface area contributed by atoms with Gasteiger partial charge in [-0.25, -0.2) is 9.69 Å². The fraction of sp³-hybridized carbons (Fsp3) is 0.267. The summed E-state index contributed by atoms with van der Waals surface area (Å²) in [5, 5.41) is 11.0. The minimum atomic E-state index is -0.813. The van der Waals surface area contributed by atoms with Crippen molar-refractivity contribution in [1.29, 1.82) is 0 Å². The predicted molar refractivity (Wildman–Crippen MR) is 81.8 cm³/mol. The van der Waals surface area contributed by atoms with Gasteiger partial charge in [0.1, 0.15) is 11.3 Å². The highest BCUT2D eigenvalue weighted by atomic mass is 16.5. The van der Waals surface area contributed by atoms with Gasteiger partial charge in [0.25, 0.3) is 11.8 Å². The molecule has 0 bridgehead atoms. The molecule has 1 heterocycles. The number of imide groups is 2. The molecule has 0 aromatic heterocycles. The van der Waals surface area contributed by atoms with Gasteiger partial charge in [-0.3, -0.25) is 14.9 Å². The number of ether oxygens (including phenoxy) is 1. The average Bonchev–Trinajstić information content (AvgIpc) is 2.52. The molecule has 8 heteroatoms. The van der Waals surface area contributed by atoms with E-state index in [0.717, 1.165) is 4.90 Å². The molecule has 1 aromatic carbocycles. The highest BCUT2D eigenvalue weighted by molar-refractivity contribution is 6.37. The summed E-state index contributed by atoms with van der Waals surface area (Å²) in [6.07, 6.45) is 1.30. The number of carbonyl (C=O) groups is 3. The smallest absolute Gasteiger partial charge is 0.335 e. The van der Waals surface area contributed by atoms with Gasteiger partial charge in [-0.2, -0.15) is 0 Å². The molecule has 0 aliphatic carbocycles. The van der Waals surface area contributed by atoms with E-state index in [-0.39, 0.29) is 18.7 Å². The van der Waals surface area contributed by atoms with Crippen LogP contribution in [-0.2, 0) is 9.59 Å². The van der Waals surface area contributed by atoms with Crippen LogP contribution in [0.15, 0.2) is 36.0 Å². The van der Waals surface area contributed by atoms with Crippen molar-refractivity contribution in [3.8, 4) is 5.75 Å². The molecule has 0 unspecified atom stereocenters. The van der Waals surface area contributed by atoms with Gasteiger partial charge in [-0.1, -0.05) is 0 Å². The lowest BCUT2D eigenvalue weighted by Gasteiger charge is -2.27. The Labute approximate surface area is 132 Å². The van der Waals surface area contributed by atoms with Gasteiger partial charge in [0.15, 0.2) is 0 Å². The topological polar surface area (TPSA) is 99.2 Å². The van der Waals surface area contributed by atoms with Gasteiger partial charge in [-0.05, 0) is 24.3 Å². The monoisotopic (exact) mass is 319 g/mol. The lowest BCUT2D eigenvalue weighted by Crippen LogP contribution is -2.54. The summed E-state index contributed by atoms with van der Waals surface area (Å²) in [6.45, 7) is 0.123. The lowest BCUT2D eigenvalue weighted by atomic mass is 10.1. The van der Waals surface area contributed by atoms with Crippen molar-refractivity contribution in [1.82, 2.24) is 10.2 Å². The van der Waals surface area contributed by atoms with Gasteiger partial charge in [0, 0.05) is 19.8 Å². The number of benzene rings is 1. The second kappa shape index (κ2) is 6.93. The van der Waals surface area contributed by atoms with Crippen molar-refractivity contribution in [2.45, 2.75) is 0 Å². The fourth-order valence-electron chi connectivity index (χ4n) is 2.05. The maximum absolute atomic E-state index is 12.5. The summed E-state index contributed by atoms with van der Waals surface area (Å²) >= 11 is 0. The number of hydrogen-bond donors (Lipinski definition) is 2. The van der Waals surface area contributed by atoms with Crippen molar-refractivity contribution in [3.05, 3.63) is 36.0 Å². The van der Waals surface area contributed by atoms with Crippen molar-refractivity contribution in [2.24, 2.45) is 0 Å². The second-order valence-corrected chi connectivity index (χ2v) is 4.84. The minimum absolute atomic E-state index is 0.128. The third-order valence-corrected chi connectivity index (χ3v) is 3.23. The zero-order chi connectivity index (χ0) is 17.0. The zero-order valence-corrected chi connectivity index (χ0v) is 12.8. The second-order valence-electron chi connectivity index (χ2n) is 4.84. The van der Waals surface area contributed by atoms with Crippen LogP contribution in [0.5, 0.6) is 5.75 Å². The molecule has 1 fully saturated rings. The third kappa shape index (κ3) is 3.49. The maximum atomic E-state index is 12.5. The number of rotatable bonds is 5. The van der Waals surface area contributed by atoms with Crippen molar-refractivity contribution >= 4 is 23.5 Å². The Balaban J connectivity index is 2.33. The normalized spacial score (nSPS) is 16.6. The Morgan fingerprint density at radius 3 is 2.48 bits per heavy atom. The molecule has 2 rings (SSSR count). The van der Waals surface area contributed by atoms with Gasteiger partial charge in [0.2, 0.25) is 0 Å². The van der Waals surface area contributed by atoms with Crippen LogP contribution < -0.4 is 15.0 Å². The van der Waals surface area contributed by atoms with Crippen molar-refractivity contribution < 1.29 is 24.2 Å². The van der Waals surface area contributed by atoms with Crippen LogP contribution in [0, 0.1) is 0 Å². The number of methoxy groups -OCH3 is 1. The molecule has 2 N–H and O–H groups in total. The Morgan fingerprint density at radius 1 is 1.26 bits per heavy atom. The quantitative estimate of drug-likeness (QED) is 0.589. The summed E-state index contributed by atoms with van der Waals surface area (Å²) < 4.78 is 5.03. The number of likely N-dealkylation sites (N-methyl/N-ethyl adjacent to an activating group) is 1. The van der Waals surface area contributed by atoms with Gasteiger partial charge < -0.3 is 14.7 Å². The van der Waals surface area contributed by atoms with E-state index in [1.807, 2.05) is 0 Å². The summed E-state index contributed by atoms with van der Waals surface area (Å²) in [5.74, 6) is -0.920. The predicted octanol–water partition coefficient (Wildman–Crippen LogP) is 0.0860. The standard InChI is InChI=1S/C15H17N3O5/c1-17(7-8-19)9-12-13(20)16-15(22)18(14(12)21)10-3-5-11(23-2)6-4-10/h3-6,9,19H,7-8H2,1-2H3,(H,16,20,22)/b12-9-. The molecule has 0 radical (unpaired) electrons. The molecular formula is C15H17N3O5. The first kappa shape index (κ1) is 16.5. The van der Waals surface area contributed by atoms with Crippen LogP contribution in [0.3, 0.4) is 0 Å². The zero-order valence-electron chi connectivity index (χ0n) is 12.8. The molecule has 23 heavy (non-hydrogen) atoms. The molecule has 4 amide bonds. The first-order valence-corrected chi connectivity index (χ1v) is 6.84. The molecule has 8 nitrogen and oxygen atoms in total. The maximum Gasteiger partial charge on any atom is 0.335 e. The molecule has 122 valence electrons. The summed E-state index contributed by atoms with van der Waals surface area (Å²) in [5.41, 5.74) is 0.132. The number of carbonyl (C=O) groups excluding carboxylic acids is 3. The van der Waals surface area contributed by atoms with Gasteiger partial charge in [0.05, 0.1) is 19.4 Å². The van der Waals surface area contributed by atoms with E-state index in [2.05, 4.69) is 5.32 Å². The van der Waals surface area contributed by atoms with Crippen molar-refractivity contribution in [3.63, 3.8) is 0 Å². The van der Waals surface area contributed by atoms with Crippen LogP contribution in [0.1, 0.15) is 0 Å². The first-order valence-electron chi connectivity index (χ1n) is 6.84. The highest BCUT2D eigenvalue weighted by Gasteiger charge is 2.37. The Morgan fingerprint density at radius 2 is 1.91 bits per heavy atom. The number of amides is 4. The van der Waals surface area contributed by atoms with E-state index in [1.54, 1.807) is 31.3 Å². The Bertz CT molecular complexity index is 654. The average molecular weight is 319 g/mol. The molecule has 0 atom stereocenters. The van der Waals surface area contributed by atoms with E-state index in [4.69, 9.17) is 9.84 Å². The summed E-state index contributed by atoms with van der Waals surface area (Å²) in [7, 11) is 3.11. The van der Waals surface area contributed by atoms with Crippen LogP contribution in [0.2, 0.25) is 0 Å². The fourth-order valence-corrected chi connectivity index (χ4v) is 2.05. The molecular weight excluding hydrogens is 302 g/mol. The van der Waals surface area contributed by atoms with E-state index >= 15 is 0 Å². The molecule has 1 saturated heterocycles. The van der Waals surface area contributed by atoms with Crippen LogP contribution >= 0.6 is 0 Å². The summed E-state index contributed by atoms with van der Waals surface area (Å²) in [6, 6.07) is 5.48. The molecule has 0 saturated carbocycles. The van der Waals surface area contributed by atoms with Crippen LogP contribution in [0.4, 0.5) is 10.5 Å². The number of hydrogen-bond acceptors (Lipinski definition) is 6. The number of nitrogens with one attached hydrogen (secondary N) is 1.